The van der Waals surface area contributed by atoms with Gasteiger partial charge in [-0.25, -0.2) is 4.79 Å². The number of nitro benzene ring substituents is 1. The van der Waals surface area contributed by atoms with Crippen molar-refractivity contribution in [3.8, 4) is 0 Å². The SMILES string of the molecule is O=C1O[C@H](O)c2ccc([N+](=O)[O-])cc21. The van der Waals surface area contributed by atoms with Crippen molar-refractivity contribution in [3.63, 3.8) is 0 Å². The summed E-state index contributed by atoms with van der Waals surface area (Å²) < 4.78 is 4.46. The number of cyclic esters (lactones) is 1. The topological polar surface area (TPSA) is 89.7 Å². The van der Waals surface area contributed by atoms with Crippen LogP contribution in [0.15, 0.2) is 18.2 Å². The standard InChI is InChI=1S/C8H5NO5/c10-7-5-2-1-4(9(12)13)3-6(5)8(11)14-7/h1-3,7,10H/t7-/m0/s1. The van der Waals surface area contributed by atoms with Gasteiger partial charge < -0.3 is 9.84 Å². The molecular formula is C8H5NO5. The normalized spacial score (nSPS) is 18.9. The Bertz CT molecular complexity index is 428. The number of nitro groups is 1. The maximum atomic E-state index is 11.0. The van der Waals surface area contributed by atoms with Crippen LogP contribution in [0, 0.1) is 10.1 Å². The van der Waals surface area contributed by atoms with E-state index in [-0.39, 0.29) is 16.8 Å². The van der Waals surface area contributed by atoms with Crippen LogP contribution >= 0.6 is 0 Å². The van der Waals surface area contributed by atoms with Gasteiger partial charge in [0, 0.05) is 17.7 Å². The summed E-state index contributed by atoms with van der Waals surface area (Å²) in [7, 11) is 0. The van der Waals surface area contributed by atoms with Gasteiger partial charge in [-0.2, -0.15) is 0 Å². The zero-order chi connectivity index (χ0) is 10.3. The minimum Gasteiger partial charge on any atom is -0.428 e. The summed E-state index contributed by atoms with van der Waals surface area (Å²) in [6.45, 7) is 0. The van der Waals surface area contributed by atoms with Crippen LogP contribution in [0.5, 0.6) is 0 Å². The van der Waals surface area contributed by atoms with Gasteiger partial charge in [0.05, 0.1) is 10.5 Å². The molecule has 0 unspecified atom stereocenters. The number of fused-ring (bicyclic) bond motifs is 1. The molecule has 0 amide bonds. The second kappa shape index (κ2) is 2.78. The number of aliphatic hydroxyl groups excluding tert-OH is 1. The number of rotatable bonds is 1. The molecule has 0 saturated heterocycles. The van der Waals surface area contributed by atoms with Gasteiger partial charge >= 0.3 is 5.97 Å². The number of carbonyl (C=O) groups is 1. The Kier molecular flexibility index (Phi) is 1.71. The first kappa shape index (κ1) is 8.64. The van der Waals surface area contributed by atoms with Gasteiger partial charge in [-0.1, -0.05) is 0 Å². The van der Waals surface area contributed by atoms with E-state index in [1.54, 1.807) is 0 Å². The van der Waals surface area contributed by atoms with Gasteiger partial charge in [0.1, 0.15) is 0 Å². The van der Waals surface area contributed by atoms with Crippen molar-refractivity contribution in [1.29, 1.82) is 0 Å². The van der Waals surface area contributed by atoms with Crippen molar-refractivity contribution in [1.82, 2.24) is 0 Å². The van der Waals surface area contributed by atoms with E-state index in [9.17, 15) is 14.9 Å². The van der Waals surface area contributed by atoms with Gasteiger partial charge in [-0.05, 0) is 6.07 Å². The molecule has 1 N–H and O–H groups in total. The molecule has 72 valence electrons. The van der Waals surface area contributed by atoms with Crippen molar-refractivity contribution in [2.24, 2.45) is 0 Å². The molecule has 1 aromatic rings. The van der Waals surface area contributed by atoms with E-state index in [1.165, 1.54) is 12.1 Å². The smallest absolute Gasteiger partial charge is 0.341 e. The quantitative estimate of drug-likeness (QED) is 0.405. The first-order valence-electron chi connectivity index (χ1n) is 3.77. The molecule has 0 radical (unpaired) electrons. The summed E-state index contributed by atoms with van der Waals surface area (Å²) >= 11 is 0. The van der Waals surface area contributed by atoms with Gasteiger partial charge in [0.15, 0.2) is 0 Å². The van der Waals surface area contributed by atoms with Crippen molar-refractivity contribution in [3.05, 3.63) is 39.4 Å². The van der Waals surface area contributed by atoms with Crippen LogP contribution < -0.4 is 0 Å². The van der Waals surface area contributed by atoms with E-state index in [0.29, 0.717) is 0 Å². The summed E-state index contributed by atoms with van der Waals surface area (Å²) in [4.78, 5) is 20.8. The largest absolute Gasteiger partial charge is 0.428 e. The van der Waals surface area contributed by atoms with E-state index in [0.717, 1.165) is 6.07 Å². The molecule has 6 heteroatoms. The minimum absolute atomic E-state index is 0.0479. The Morgan fingerprint density at radius 1 is 1.50 bits per heavy atom. The zero-order valence-corrected chi connectivity index (χ0v) is 6.84. The molecule has 2 rings (SSSR count). The molecule has 0 aliphatic carbocycles. The third kappa shape index (κ3) is 1.12. The molecule has 1 atom stereocenters. The monoisotopic (exact) mass is 195 g/mol. The molecule has 0 bridgehead atoms. The number of carbonyl (C=O) groups excluding carboxylic acids is 1. The number of aliphatic hydroxyl groups is 1. The van der Waals surface area contributed by atoms with E-state index < -0.39 is 17.2 Å². The van der Waals surface area contributed by atoms with Crippen LogP contribution in [-0.2, 0) is 4.74 Å². The highest BCUT2D eigenvalue weighted by Gasteiger charge is 2.30. The van der Waals surface area contributed by atoms with Crippen LogP contribution in [0.2, 0.25) is 0 Å². The average Bonchev–Trinajstić information content (AvgIpc) is 2.42. The first-order chi connectivity index (χ1) is 6.59. The number of ether oxygens (including phenoxy) is 1. The molecule has 0 fully saturated rings. The summed E-state index contributed by atoms with van der Waals surface area (Å²) in [5.41, 5.74) is 0.113. The lowest BCUT2D eigenvalue weighted by atomic mass is 10.1. The number of non-ortho nitro benzene ring substituents is 1. The molecule has 1 aliphatic rings. The van der Waals surface area contributed by atoms with Crippen molar-refractivity contribution < 1.29 is 19.6 Å². The number of hydrogen-bond acceptors (Lipinski definition) is 5. The maximum absolute atomic E-state index is 11.0. The molecule has 14 heavy (non-hydrogen) atoms. The van der Waals surface area contributed by atoms with Crippen LogP contribution in [0.25, 0.3) is 0 Å². The first-order valence-corrected chi connectivity index (χ1v) is 3.77. The number of nitrogens with zero attached hydrogens (tertiary/aromatic N) is 1. The molecule has 0 aromatic heterocycles. The van der Waals surface area contributed by atoms with Gasteiger partial charge in [-0.15, -0.1) is 0 Å². The van der Waals surface area contributed by atoms with Crippen LogP contribution in [0.4, 0.5) is 5.69 Å². The van der Waals surface area contributed by atoms with Crippen LogP contribution in [-0.4, -0.2) is 16.0 Å². The molecule has 1 aromatic carbocycles. The molecular weight excluding hydrogens is 190 g/mol. The van der Waals surface area contributed by atoms with E-state index in [2.05, 4.69) is 4.74 Å². The summed E-state index contributed by atoms with van der Waals surface area (Å²) in [6, 6.07) is 3.61. The zero-order valence-electron chi connectivity index (χ0n) is 6.84. The maximum Gasteiger partial charge on any atom is 0.341 e. The molecule has 1 heterocycles. The summed E-state index contributed by atoms with van der Waals surface area (Å²) in [6.07, 6.45) is -1.31. The highest BCUT2D eigenvalue weighted by atomic mass is 16.6. The second-order valence-electron chi connectivity index (χ2n) is 2.79. The fraction of sp³-hybridized carbons (Fsp3) is 0.125. The minimum atomic E-state index is -1.31. The fourth-order valence-electron chi connectivity index (χ4n) is 1.28. The summed E-state index contributed by atoms with van der Waals surface area (Å²) in [5, 5.41) is 19.5. The highest BCUT2D eigenvalue weighted by molar-refractivity contribution is 5.94. The molecule has 0 saturated carbocycles. The Hall–Kier alpha value is -1.95. The number of hydrogen-bond donors (Lipinski definition) is 1. The lowest BCUT2D eigenvalue weighted by molar-refractivity contribution is -0.384. The third-order valence-corrected chi connectivity index (χ3v) is 1.95. The van der Waals surface area contributed by atoms with Gasteiger partial charge in [0.25, 0.3) is 5.69 Å². The Labute approximate surface area is 77.9 Å². The van der Waals surface area contributed by atoms with E-state index in [1.807, 2.05) is 0 Å². The average molecular weight is 195 g/mol. The van der Waals surface area contributed by atoms with Gasteiger partial charge in [0.2, 0.25) is 6.29 Å². The van der Waals surface area contributed by atoms with Crippen molar-refractivity contribution in [2.75, 3.05) is 0 Å². The van der Waals surface area contributed by atoms with Crippen LogP contribution in [0.3, 0.4) is 0 Å². The highest BCUT2D eigenvalue weighted by Crippen LogP contribution is 2.30. The van der Waals surface area contributed by atoms with E-state index >= 15 is 0 Å². The second-order valence-corrected chi connectivity index (χ2v) is 2.79. The van der Waals surface area contributed by atoms with Crippen molar-refractivity contribution >= 4 is 11.7 Å². The summed E-state index contributed by atoms with van der Waals surface area (Å²) in [5.74, 6) is -0.740. The Morgan fingerprint density at radius 3 is 2.86 bits per heavy atom. The lowest BCUT2D eigenvalue weighted by Gasteiger charge is -1.99. The van der Waals surface area contributed by atoms with Crippen LogP contribution in [0.1, 0.15) is 22.2 Å². The lowest BCUT2D eigenvalue weighted by Crippen LogP contribution is -1.96. The molecule has 6 nitrogen and oxygen atoms in total. The Morgan fingerprint density at radius 2 is 2.21 bits per heavy atom. The Balaban J connectivity index is 2.55. The van der Waals surface area contributed by atoms with Gasteiger partial charge in [-0.3, -0.25) is 10.1 Å². The van der Waals surface area contributed by atoms with E-state index in [4.69, 9.17) is 5.11 Å². The number of esters is 1. The van der Waals surface area contributed by atoms with Crippen molar-refractivity contribution in [2.45, 2.75) is 6.29 Å². The fourth-order valence-corrected chi connectivity index (χ4v) is 1.28. The molecule has 1 aliphatic heterocycles. The number of benzene rings is 1. The predicted molar refractivity (Wildman–Crippen MR) is 43.5 cm³/mol. The molecule has 0 spiro atoms. The predicted octanol–water partition coefficient (Wildman–Crippen LogP) is 0.756. The third-order valence-electron chi connectivity index (χ3n) is 1.95.